The molecule has 0 aromatic heterocycles. The van der Waals surface area contributed by atoms with Crippen LogP contribution in [0.3, 0.4) is 0 Å². The molecule has 1 spiro atoms. The van der Waals surface area contributed by atoms with Gasteiger partial charge in [0.1, 0.15) is 0 Å². The summed E-state index contributed by atoms with van der Waals surface area (Å²) in [6.07, 6.45) is 3.79. The minimum atomic E-state index is -0.949. The van der Waals surface area contributed by atoms with Crippen LogP contribution in [-0.2, 0) is 0 Å². The normalized spacial score (nSPS) is 49.2. The van der Waals surface area contributed by atoms with Crippen LogP contribution in [0.4, 0.5) is 0 Å². The molecule has 2 aliphatic carbocycles. The van der Waals surface area contributed by atoms with Crippen molar-refractivity contribution in [3.63, 3.8) is 0 Å². The predicted molar refractivity (Wildman–Crippen MR) is 71.1 cm³/mol. The number of aliphatic hydroxyl groups is 3. The van der Waals surface area contributed by atoms with E-state index < -0.39 is 11.7 Å². The highest BCUT2D eigenvalue weighted by Gasteiger charge is 2.56. The zero-order valence-electron chi connectivity index (χ0n) is 11.9. The molecule has 5 atom stereocenters. The van der Waals surface area contributed by atoms with Crippen LogP contribution in [0.1, 0.15) is 52.9 Å². The minimum Gasteiger partial charge on any atom is -0.396 e. The van der Waals surface area contributed by atoms with Gasteiger partial charge in [0.25, 0.3) is 0 Å². The lowest BCUT2D eigenvalue weighted by Gasteiger charge is -2.50. The minimum absolute atomic E-state index is 0.0462. The molecule has 2 rings (SSSR count). The average molecular weight is 256 g/mol. The van der Waals surface area contributed by atoms with Gasteiger partial charge in [0.2, 0.25) is 0 Å². The molecule has 0 amide bonds. The Bertz CT molecular complexity index is 300. The van der Waals surface area contributed by atoms with Crippen molar-refractivity contribution in [1.29, 1.82) is 0 Å². The summed E-state index contributed by atoms with van der Waals surface area (Å²) >= 11 is 0. The van der Waals surface area contributed by atoms with E-state index in [1.54, 1.807) is 6.92 Å². The summed E-state index contributed by atoms with van der Waals surface area (Å²) in [6.45, 7) is 6.44. The van der Waals surface area contributed by atoms with Crippen molar-refractivity contribution in [2.24, 2.45) is 23.2 Å². The summed E-state index contributed by atoms with van der Waals surface area (Å²) in [7, 11) is 0. The van der Waals surface area contributed by atoms with Crippen LogP contribution in [0.25, 0.3) is 0 Å². The first-order chi connectivity index (χ1) is 8.33. The molecule has 0 heterocycles. The monoisotopic (exact) mass is 256 g/mol. The van der Waals surface area contributed by atoms with Gasteiger partial charge in [-0.1, -0.05) is 13.8 Å². The molecule has 0 saturated heterocycles. The van der Waals surface area contributed by atoms with E-state index in [9.17, 15) is 15.3 Å². The molecular weight excluding hydrogens is 228 g/mol. The van der Waals surface area contributed by atoms with E-state index >= 15 is 0 Å². The molecule has 106 valence electrons. The Kier molecular flexibility index (Phi) is 3.79. The van der Waals surface area contributed by atoms with Gasteiger partial charge in [-0.25, -0.2) is 0 Å². The van der Waals surface area contributed by atoms with Gasteiger partial charge < -0.3 is 15.3 Å². The summed E-state index contributed by atoms with van der Waals surface area (Å²) in [5, 5.41) is 30.1. The third-order valence-corrected chi connectivity index (χ3v) is 5.79. The number of hydrogen-bond acceptors (Lipinski definition) is 3. The summed E-state index contributed by atoms with van der Waals surface area (Å²) in [5.41, 5.74) is -0.903. The van der Waals surface area contributed by atoms with Crippen LogP contribution in [0.5, 0.6) is 0 Å². The third-order valence-electron chi connectivity index (χ3n) is 5.79. The Labute approximate surface area is 110 Å². The van der Waals surface area contributed by atoms with E-state index in [4.69, 9.17) is 0 Å². The summed E-state index contributed by atoms with van der Waals surface area (Å²) in [5.74, 6) is 1.45. The number of hydrogen-bond donors (Lipinski definition) is 3. The van der Waals surface area contributed by atoms with Gasteiger partial charge >= 0.3 is 0 Å². The number of rotatable bonds is 2. The smallest absolute Gasteiger partial charge is 0.0877 e. The summed E-state index contributed by atoms with van der Waals surface area (Å²) < 4.78 is 0. The Morgan fingerprint density at radius 1 is 1.22 bits per heavy atom. The molecule has 3 heteroatoms. The van der Waals surface area contributed by atoms with Gasteiger partial charge in [-0.15, -0.1) is 0 Å². The first kappa shape index (κ1) is 14.3. The van der Waals surface area contributed by atoms with E-state index in [0.717, 1.165) is 19.3 Å². The highest BCUT2D eigenvalue weighted by atomic mass is 16.3. The van der Waals surface area contributed by atoms with Crippen LogP contribution < -0.4 is 0 Å². The lowest BCUT2D eigenvalue weighted by atomic mass is 9.57. The van der Waals surface area contributed by atoms with Crippen molar-refractivity contribution in [3.8, 4) is 0 Å². The van der Waals surface area contributed by atoms with E-state index in [0.29, 0.717) is 30.6 Å². The van der Waals surface area contributed by atoms with Crippen LogP contribution >= 0.6 is 0 Å². The van der Waals surface area contributed by atoms with E-state index in [2.05, 4.69) is 13.8 Å². The van der Waals surface area contributed by atoms with Gasteiger partial charge in [-0.2, -0.15) is 0 Å². The van der Waals surface area contributed by atoms with Crippen LogP contribution in [0.2, 0.25) is 0 Å². The molecule has 2 saturated carbocycles. The van der Waals surface area contributed by atoms with Gasteiger partial charge in [-0.05, 0) is 62.2 Å². The second-order valence-corrected chi connectivity index (χ2v) is 7.12. The summed E-state index contributed by atoms with van der Waals surface area (Å²) in [6, 6.07) is 0. The second-order valence-electron chi connectivity index (χ2n) is 7.12. The zero-order valence-corrected chi connectivity index (χ0v) is 11.9. The molecule has 0 radical (unpaired) electrons. The Balaban J connectivity index is 2.26. The fourth-order valence-corrected chi connectivity index (χ4v) is 4.57. The Morgan fingerprint density at radius 2 is 1.89 bits per heavy atom. The molecule has 3 nitrogen and oxygen atoms in total. The van der Waals surface area contributed by atoms with E-state index in [-0.39, 0.29) is 12.0 Å². The molecule has 2 aliphatic rings. The molecule has 0 unspecified atom stereocenters. The highest BCUT2D eigenvalue weighted by Crippen LogP contribution is 2.59. The maximum atomic E-state index is 10.2. The van der Waals surface area contributed by atoms with Crippen LogP contribution in [-0.4, -0.2) is 33.6 Å². The topological polar surface area (TPSA) is 60.7 Å². The maximum absolute atomic E-state index is 10.2. The quantitative estimate of drug-likeness (QED) is 0.707. The Hall–Kier alpha value is -0.120. The molecule has 0 aromatic rings. The molecule has 0 aliphatic heterocycles. The maximum Gasteiger partial charge on any atom is 0.0877 e. The number of aliphatic hydroxyl groups excluding tert-OH is 2. The summed E-state index contributed by atoms with van der Waals surface area (Å²) in [4.78, 5) is 0. The standard InChI is InChI=1S/C15H28O3/c1-10(2)12-5-4-11(9-16)15(12)7-6-14(3,18)13(17)8-15/h10-13,16-18H,4-9H2,1-3H3/t11-,12+,13+,14-,15-/m1/s1. The molecule has 0 aromatic carbocycles. The molecular formula is C15H28O3. The fraction of sp³-hybridized carbons (Fsp3) is 1.00. The molecule has 18 heavy (non-hydrogen) atoms. The van der Waals surface area contributed by atoms with Crippen molar-refractivity contribution >= 4 is 0 Å². The van der Waals surface area contributed by atoms with Gasteiger partial charge in [0.05, 0.1) is 11.7 Å². The third kappa shape index (κ3) is 2.10. The van der Waals surface area contributed by atoms with Crippen LogP contribution in [0.15, 0.2) is 0 Å². The van der Waals surface area contributed by atoms with Crippen molar-refractivity contribution in [3.05, 3.63) is 0 Å². The van der Waals surface area contributed by atoms with Crippen LogP contribution in [0, 0.1) is 23.2 Å². The van der Waals surface area contributed by atoms with Crippen molar-refractivity contribution < 1.29 is 15.3 Å². The predicted octanol–water partition coefficient (Wildman–Crippen LogP) is 1.94. The van der Waals surface area contributed by atoms with Crippen molar-refractivity contribution in [2.75, 3.05) is 6.61 Å². The first-order valence-electron chi connectivity index (χ1n) is 7.35. The lowest BCUT2D eigenvalue weighted by molar-refractivity contribution is -0.143. The van der Waals surface area contributed by atoms with Gasteiger partial charge in [0.15, 0.2) is 0 Å². The van der Waals surface area contributed by atoms with E-state index in [1.165, 1.54) is 0 Å². The average Bonchev–Trinajstić information content (AvgIpc) is 2.63. The van der Waals surface area contributed by atoms with Crippen molar-refractivity contribution in [1.82, 2.24) is 0 Å². The second kappa shape index (κ2) is 4.77. The lowest BCUT2D eigenvalue weighted by Crippen LogP contribution is -2.52. The Morgan fingerprint density at radius 3 is 2.39 bits per heavy atom. The molecule has 2 fully saturated rings. The SMILES string of the molecule is CC(C)[C@@H]1CC[C@H](CO)[C@]12CC[C@@](C)(O)[C@@H](O)C2. The molecule has 3 N–H and O–H groups in total. The van der Waals surface area contributed by atoms with Gasteiger partial charge in [-0.3, -0.25) is 0 Å². The van der Waals surface area contributed by atoms with E-state index in [1.807, 2.05) is 0 Å². The van der Waals surface area contributed by atoms with Gasteiger partial charge in [0, 0.05) is 6.61 Å². The van der Waals surface area contributed by atoms with Crippen molar-refractivity contribution in [2.45, 2.75) is 64.6 Å². The fourth-order valence-electron chi connectivity index (χ4n) is 4.57. The highest BCUT2D eigenvalue weighted by molar-refractivity contribution is 5.06. The molecule has 0 bridgehead atoms. The zero-order chi connectivity index (χ0) is 13.6. The largest absolute Gasteiger partial charge is 0.396 e. The first-order valence-corrected chi connectivity index (χ1v) is 7.35.